The molecule has 1 aliphatic rings. The SMILES string of the molecule is Cc1c(/C=C2\SC(=O)N(Cc3cccc4ccccc34)C2=O)c2ccccc2n1Cc1ccccc1C#N. The number of para-hydroxylation sites is 1. The standard InChI is InChI=1S/C32H23N3O2S/c1-21-28(27-15-6-7-16-29(27)34(21)19-24-11-3-2-10-23(24)18-33)17-30-31(36)35(32(37)38-30)20-25-13-8-12-22-9-4-5-14-26(22)25/h2-17H,19-20H2,1H3/b30-17-. The van der Waals surface area contributed by atoms with Gasteiger partial charge in [-0.25, -0.2) is 0 Å². The maximum absolute atomic E-state index is 13.5. The Morgan fingerprint density at radius 3 is 2.34 bits per heavy atom. The van der Waals surface area contributed by atoms with Gasteiger partial charge in [0.15, 0.2) is 0 Å². The third kappa shape index (κ3) is 4.07. The van der Waals surface area contributed by atoms with Crippen molar-refractivity contribution >= 4 is 50.7 Å². The zero-order valence-electron chi connectivity index (χ0n) is 20.7. The topological polar surface area (TPSA) is 66.1 Å². The molecule has 6 heteroatoms. The molecule has 4 aromatic carbocycles. The van der Waals surface area contributed by atoms with Crippen LogP contribution in [0.4, 0.5) is 4.79 Å². The second kappa shape index (κ2) is 9.70. The first-order chi connectivity index (χ1) is 18.5. The summed E-state index contributed by atoms with van der Waals surface area (Å²) in [6.45, 7) is 2.78. The summed E-state index contributed by atoms with van der Waals surface area (Å²) in [6, 6.07) is 31.8. The maximum Gasteiger partial charge on any atom is 0.293 e. The van der Waals surface area contributed by atoms with Crippen molar-refractivity contribution in [3.05, 3.63) is 124 Å². The minimum absolute atomic E-state index is 0.231. The van der Waals surface area contributed by atoms with E-state index >= 15 is 0 Å². The predicted molar refractivity (Wildman–Crippen MR) is 152 cm³/mol. The van der Waals surface area contributed by atoms with Crippen molar-refractivity contribution in [1.29, 1.82) is 5.26 Å². The van der Waals surface area contributed by atoms with Gasteiger partial charge in [-0.15, -0.1) is 0 Å². The molecule has 2 amide bonds. The first kappa shape index (κ1) is 23.8. The molecule has 0 unspecified atom stereocenters. The molecular formula is C32H23N3O2S. The summed E-state index contributed by atoms with van der Waals surface area (Å²) in [7, 11) is 0. The number of hydrogen-bond donors (Lipinski definition) is 0. The van der Waals surface area contributed by atoms with Crippen LogP contribution in [-0.4, -0.2) is 20.6 Å². The highest BCUT2D eigenvalue weighted by Gasteiger charge is 2.35. The van der Waals surface area contributed by atoms with E-state index in [1.54, 1.807) is 0 Å². The van der Waals surface area contributed by atoms with E-state index in [-0.39, 0.29) is 17.7 Å². The quantitative estimate of drug-likeness (QED) is 0.232. The van der Waals surface area contributed by atoms with Gasteiger partial charge in [-0.3, -0.25) is 14.5 Å². The highest BCUT2D eigenvalue weighted by Crippen LogP contribution is 2.37. The zero-order valence-corrected chi connectivity index (χ0v) is 21.5. The fourth-order valence-electron chi connectivity index (χ4n) is 5.15. The van der Waals surface area contributed by atoms with Crippen LogP contribution in [0.1, 0.15) is 27.9 Å². The monoisotopic (exact) mass is 513 g/mol. The lowest BCUT2D eigenvalue weighted by molar-refractivity contribution is -0.123. The Balaban J connectivity index is 1.37. The van der Waals surface area contributed by atoms with Crippen LogP contribution >= 0.6 is 11.8 Å². The minimum Gasteiger partial charge on any atom is -0.340 e. The van der Waals surface area contributed by atoms with Gasteiger partial charge in [-0.2, -0.15) is 5.26 Å². The number of fused-ring (bicyclic) bond motifs is 2. The summed E-state index contributed by atoms with van der Waals surface area (Å²) in [6.07, 6.45) is 1.85. The van der Waals surface area contributed by atoms with E-state index in [1.165, 1.54) is 4.90 Å². The van der Waals surface area contributed by atoms with E-state index in [4.69, 9.17) is 0 Å². The molecule has 1 aromatic heterocycles. The molecule has 0 bridgehead atoms. The van der Waals surface area contributed by atoms with Crippen LogP contribution in [0, 0.1) is 18.3 Å². The first-order valence-electron chi connectivity index (χ1n) is 12.3. The number of nitrogens with zero attached hydrogens (tertiary/aromatic N) is 3. The number of thioether (sulfide) groups is 1. The van der Waals surface area contributed by atoms with Crippen molar-refractivity contribution in [2.75, 3.05) is 0 Å². The van der Waals surface area contributed by atoms with Crippen LogP contribution in [0.15, 0.2) is 95.9 Å². The number of aromatic nitrogens is 1. The molecule has 0 atom stereocenters. The van der Waals surface area contributed by atoms with Gasteiger partial charge in [-0.05, 0) is 58.8 Å². The molecule has 6 rings (SSSR count). The Labute approximate surface area is 224 Å². The molecule has 0 spiro atoms. The zero-order chi connectivity index (χ0) is 26.2. The lowest BCUT2D eigenvalue weighted by atomic mass is 10.0. The fraction of sp³-hybridized carbons (Fsp3) is 0.0938. The maximum atomic E-state index is 13.5. The third-order valence-electron chi connectivity index (χ3n) is 7.10. The molecule has 1 saturated heterocycles. The average Bonchev–Trinajstić information content (AvgIpc) is 3.36. The van der Waals surface area contributed by atoms with Crippen LogP contribution in [0.25, 0.3) is 27.8 Å². The lowest BCUT2D eigenvalue weighted by Crippen LogP contribution is -2.27. The molecule has 0 aliphatic carbocycles. The first-order valence-corrected chi connectivity index (χ1v) is 13.1. The molecule has 0 N–H and O–H groups in total. The molecule has 2 heterocycles. The average molecular weight is 514 g/mol. The van der Waals surface area contributed by atoms with Crippen LogP contribution in [0.5, 0.6) is 0 Å². The predicted octanol–water partition coefficient (Wildman–Crippen LogP) is 7.26. The highest BCUT2D eigenvalue weighted by atomic mass is 32.2. The Hall–Kier alpha value is -4.60. The number of hydrogen-bond acceptors (Lipinski definition) is 4. The van der Waals surface area contributed by atoms with Crippen LogP contribution in [0.3, 0.4) is 0 Å². The van der Waals surface area contributed by atoms with E-state index < -0.39 is 0 Å². The Bertz CT molecular complexity index is 1820. The lowest BCUT2D eigenvalue weighted by Gasteiger charge is -2.14. The van der Waals surface area contributed by atoms with Gasteiger partial charge >= 0.3 is 0 Å². The molecule has 38 heavy (non-hydrogen) atoms. The van der Waals surface area contributed by atoms with Gasteiger partial charge in [0, 0.05) is 28.7 Å². The minimum atomic E-state index is -0.279. The van der Waals surface area contributed by atoms with Crippen molar-refractivity contribution < 1.29 is 9.59 Å². The summed E-state index contributed by atoms with van der Waals surface area (Å²) < 4.78 is 2.16. The Kier molecular flexibility index (Phi) is 6.07. The van der Waals surface area contributed by atoms with Gasteiger partial charge in [0.25, 0.3) is 11.1 Å². The second-order valence-corrected chi connectivity index (χ2v) is 10.3. The second-order valence-electron chi connectivity index (χ2n) is 9.28. The van der Waals surface area contributed by atoms with Crippen LogP contribution < -0.4 is 0 Å². The van der Waals surface area contributed by atoms with Crippen molar-refractivity contribution in [1.82, 2.24) is 9.47 Å². The van der Waals surface area contributed by atoms with Gasteiger partial charge in [0.2, 0.25) is 0 Å². The van der Waals surface area contributed by atoms with Crippen LogP contribution in [-0.2, 0) is 17.9 Å². The van der Waals surface area contributed by atoms with Gasteiger partial charge < -0.3 is 4.57 Å². The Morgan fingerprint density at radius 1 is 0.816 bits per heavy atom. The summed E-state index contributed by atoms with van der Waals surface area (Å²) in [4.78, 5) is 28.2. The number of imide groups is 1. The molecule has 1 fully saturated rings. The van der Waals surface area contributed by atoms with Gasteiger partial charge in [-0.1, -0.05) is 78.9 Å². The summed E-state index contributed by atoms with van der Waals surface area (Å²) in [5.74, 6) is -0.279. The number of carbonyl (C=O) groups is 2. The van der Waals surface area contributed by atoms with E-state index in [2.05, 4.69) is 10.6 Å². The normalized spacial score (nSPS) is 14.6. The molecule has 5 nitrogen and oxygen atoms in total. The summed E-state index contributed by atoms with van der Waals surface area (Å²) in [5, 5.41) is 12.4. The largest absolute Gasteiger partial charge is 0.340 e. The molecule has 0 radical (unpaired) electrons. The van der Waals surface area contributed by atoms with Crippen molar-refractivity contribution in [2.24, 2.45) is 0 Å². The van der Waals surface area contributed by atoms with E-state index in [1.807, 2.05) is 104 Å². The molecule has 1 aliphatic heterocycles. The highest BCUT2D eigenvalue weighted by molar-refractivity contribution is 8.18. The van der Waals surface area contributed by atoms with Crippen molar-refractivity contribution in [2.45, 2.75) is 20.0 Å². The summed E-state index contributed by atoms with van der Waals surface area (Å²) >= 11 is 0.984. The smallest absolute Gasteiger partial charge is 0.293 e. The molecular weight excluding hydrogens is 490 g/mol. The van der Waals surface area contributed by atoms with Crippen molar-refractivity contribution in [3.63, 3.8) is 0 Å². The number of benzene rings is 4. The van der Waals surface area contributed by atoms with Gasteiger partial charge in [0.05, 0.1) is 23.1 Å². The van der Waals surface area contributed by atoms with Crippen molar-refractivity contribution in [3.8, 4) is 6.07 Å². The molecule has 0 saturated carbocycles. The number of nitriles is 1. The van der Waals surface area contributed by atoms with Crippen LogP contribution in [0.2, 0.25) is 0 Å². The van der Waals surface area contributed by atoms with E-state index in [0.717, 1.165) is 55.8 Å². The van der Waals surface area contributed by atoms with E-state index in [9.17, 15) is 14.9 Å². The number of amides is 2. The molecule has 5 aromatic rings. The number of carbonyl (C=O) groups excluding carboxylic acids is 2. The van der Waals surface area contributed by atoms with Gasteiger partial charge in [0.1, 0.15) is 0 Å². The third-order valence-corrected chi connectivity index (χ3v) is 8.01. The Morgan fingerprint density at radius 2 is 1.50 bits per heavy atom. The molecule has 184 valence electrons. The fourth-order valence-corrected chi connectivity index (χ4v) is 5.97. The number of rotatable bonds is 5. The summed E-state index contributed by atoms with van der Waals surface area (Å²) in [5.41, 5.74) is 5.40. The van der Waals surface area contributed by atoms with E-state index in [0.29, 0.717) is 17.0 Å².